The van der Waals surface area contributed by atoms with Gasteiger partial charge in [0.15, 0.2) is 0 Å². The third-order valence-electron chi connectivity index (χ3n) is 2.95. The van der Waals surface area contributed by atoms with Crippen LogP contribution in [0.3, 0.4) is 0 Å². The number of carbonyl (C=O) groups is 2. The van der Waals surface area contributed by atoms with E-state index in [4.69, 9.17) is 10.8 Å². The summed E-state index contributed by atoms with van der Waals surface area (Å²) in [4.78, 5) is 24.0. The minimum absolute atomic E-state index is 0.135. The molecule has 0 spiro atoms. The van der Waals surface area contributed by atoms with Crippen molar-refractivity contribution in [2.24, 2.45) is 11.7 Å². The van der Waals surface area contributed by atoms with Gasteiger partial charge >= 0.3 is 5.97 Å². The fourth-order valence-electron chi connectivity index (χ4n) is 2.05. The summed E-state index contributed by atoms with van der Waals surface area (Å²) in [6.07, 6.45) is 3.23. The summed E-state index contributed by atoms with van der Waals surface area (Å²) in [5.74, 6) is -0.500. The lowest BCUT2D eigenvalue weighted by molar-refractivity contribution is -0.138. The Hall–Kier alpha value is -1.10. The van der Waals surface area contributed by atoms with Gasteiger partial charge in [-0.15, -0.1) is 0 Å². The van der Waals surface area contributed by atoms with E-state index >= 15 is 0 Å². The Bertz CT molecular complexity index is 256. The molecule has 92 valence electrons. The van der Waals surface area contributed by atoms with Crippen molar-refractivity contribution in [2.75, 3.05) is 19.6 Å². The molecule has 0 aromatic heterocycles. The van der Waals surface area contributed by atoms with Crippen LogP contribution in [-0.2, 0) is 9.59 Å². The van der Waals surface area contributed by atoms with E-state index in [9.17, 15) is 9.59 Å². The van der Waals surface area contributed by atoms with Crippen molar-refractivity contribution in [2.45, 2.75) is 32.1 Å². The molecule has 3 N–H and O–H groups in total. The SMILES string of the molecule is NCCCCC(=O)N1CCC(CC(=O)O)C1. The molecule has 1 fully saturated rings. The van der Waals surface area contributed by atoms with E-state index < -0.39 is 5.97 Å². The molecule has 1 amide bonds. The molecule has 1 aliphatic rings. The molecule has 1 saturated heterocycles. The normalized spacial score (nSPS) is 20.1. The van der Waals surface area contributed by atoms with Gasteiger partial charge < -0.3 is 15.7 Å². The molecule has 1 unspecified atom stereocenters. The molecule has 1 aliphatic heterocycles. The Labute approximate surface area is 95.6 Å². The van der Waals surface area contributed by atoms with Crippen LogP contribution in [0.2, 0.25) is 0 Å². The molecule has 1 rings (SSSR count). The number of hydrogen-bond donors (Lipinski definition) is 2. The largest absolute Gasteiger partial charge is 0.481 e. The lowest BCUT2D eigenvalue weighted by atomic mass is 10.1. The van der Waals surface area contributed by atoms with Gasteiger partial charge in [0, 0.05) is 25.9 Å². The first-order chi connectivity index (χ1) is 7.63. The van der Waals surface area contributed by atoms with Gasteiger partial charge in [-0.1, -0.05) is 0 Å². The van der Waals surface area contributed by atoms with E-state index in [0.29, 0.717) is 26.1 Å². The molecule has 0 saturated carbocycles. The van der Waals surface area contributed by atoms with E-state index in [1.165, 1.54) is 0 Å². The Morgan fingerprint density at radius 1 is 1.38 bits per heavy atom. The van der Waals surface area contributed by atoms with Crippen molar-refractivity contribution >= 4 is 11.9 Å². The van der Waals surface area contributed by atoms with Crippen molar-refractivity contribution in [1.82, 2.24) is 4.90 Å². The highest BCUT2D eigenvalue weighted by Gasteiger charge is 2.27. The van der Waals surface area contributed by atoms with Crippen LogP contribution in [0.25, 0.3) is 0 Å². The number of nitrogens with zero attached hydrogens (tertiary/aromatic N) is 1. The summed E-state index contributed by atoms with van der Waals surface area (Å²) in [6, 6.07) is 0. The van der Waals surface area contributed by atoms with Gasteiger partial charge in [-0.2, -0.15) is 0 Å². The van der Waals surface area contributed by atoms with Crippen LogP contribution in [0.5, 0.6) is 0 Å². The smallest absolute Gasteiger partial charge is 0.303 e. The highest BCUT2D eigenvalue weighted by Crippen LogP contribution is 2.20. The number of hydrogen-bond acceptors (Lipinski definition) is 3. The van der Waals surface area contributed by atoms with E-state index in [-0.39, 0.29) is 18.2 Å². The van der Waals surface area contributed by atoms with Crippen LogP contribution in [-0.4, -0.2) is 41.5 Å². The first kappa shape index (κ1) is 13.0. The van der Waals surface area contributed by atoms with Crippen LogP contribution in [0.15, 0.2) is 0 Å². The first-order valence-electron chi connectivity index (χ1n) is 5.83. The van der Waals surface area contributed by atoms with Gasteiger partial charge in [0.1, 0.15) is 0 Å². The minimum Gasteiger partial charge on any atom is -0.481 e. The second-order valence-corrected chi connectivity index (χ2v) is 4.34. The molecule has 1 atom stereocenters. The number of unbranched alkanes of at least 4 members (excludes halogenated alkanes) is 1. The van der Waals surface area contributed by atoms with Crippen molar-refractivity contribution in [3.63, 3.8) is 0 Å². The van der Waals surface area contributed by atoms with Crippen LogP contribution in [0.4, 0.5) is 0 Å². The molecule has 5 heteroatoms. The third-order valence-corrected chi connectivity index (χ3v) is 2.95. The summed E-state index contributed by atoms with van der Waals surface area (Å²) in [6.45, 7) is 1.93. The summed E-state index contributed by atoms with van der Waals surface area (Å²) in [7, 11) is 0. The van der Waals surface area contributed by atoms with Gasteiger partial charge in [-0.3, -0.25) is 9.59 Å². The highest BCUT2D eigenvalue weighted by atomic mass is 16.4. The van der Waals surface area contributed by atoms with E-state index in [0.717, 1.165) is 19.3 Å². The Kier molecular flexibility index (Phi) is 5.25. The Morgan fingerprint density at radius 2 is 2.12 bits per heavy atom. The molecule has 0 aromatic rings. The number of nitrogens with two attached hydrogens (primary N) is 1. The molecule has 0 aliphatic carbocycles. The molecule has 5 nitrogen and oxygen atoms in total. The number of carbonyl (C=O) groups excluding carboxylic acids is 1. The Morgan fingerprint density at radius 3 is 2.75 bits per heavy atom. The van der Waals surface area contributed by atoms with Crippen LogP contribution in [0.1, 0.15) is 32.1 Å². The number of rotatable bonds is 6. The number of carboxylic acid groups (broad SMARTS) is 1. The molecule has 0 aromatic carbocycles. The second-order valence-electron chi connectivity index (χ2n) is 4.34. The topological polar surface area (TPSA) is 83.6 Å². The number of aliphatic carboxylic acids is 1. The van der Waals surface area contributed by atoms with E-state index in [1.54, 1.807) is 4.90 Å². The fourth-order valence-corrected chi connectivity index (χ4v) is 2.05. The van der Waals surface area contributed by atoms with Crippen molar-refractivity contribution in [3.05, 3.63) is 0 Å². The average Bonchev–Trinajstić information content (AvgIpc) is 2.65. The van der Waals surface area contributed by atoms with Gasteiger partial charge in [-0.05, 0) is 31.7 Å². The van der Waals surface area contributed by atoms with Crippen molar-refractivity contribution in [3.8, 4) is 0 Å². The average molecular weight is 228 g/mol. The van der Waals surface area contributed by atoms with Gasteiger partial charge in [0.2, 0.25) is 5.91 Å². The maximum Gasteiger partial charge on any atom is 0.303 e. The summed E-state index contributed by atoms with van der Waals surface area (Å²) in [5, 5.41) is 8.65. The maximum absolute atomic E-state index is 11.7. The predicted octanol–water partition coefficient (Wildman–Crippen LogP) is 0.439. The Balaban J connectivity index is 2.24. The van der Waals surface area contributed by atoms with E-state index in [2.05, 4.69) is 0 Å². The van der Waals surface area contributed by atoms with Gasteiger partial charge in [0.25, 0.3) is 0 Å². The molecular weight excluding hydrogens is 208 g/mol. The summed E-state index contributed by atoms with van der Waals surface area (Å²) < 4.78 is 0. The predicted molar refractivity (Wildman–Crippen MR) is 59.8 cm³/mol. The van der Waals surface area contributed by atoms with Crippen LogP contribution >= 0.6 is 0 Å². The second kappa shape index (κ2) is 6.48. The monoisotopic (exact) mass is 228 g/mol. The van der Waals surface area contributed by atoms with Crippen LogP contribution < -0.4 is 5.73 Å². The quantitative estimate of drug-likeness (QED) is 0.646. The zero-order valence-corrected chi connectivity index (χ0v) is 9.52. The number of carboxylic acids is 1. The summed E-state index contributed by atoms with van der Waals surface area (Å²) in [5.41, 5.74) is 5.35. The van der Waals surface area contributed by atoms with Crippen molar-refractivity contribution < 1.29 is 14.7 Å². The van der Waals surface area contributed by atoms with E-state index in [1.807, 2.05) is 0 Å². The minimum atomic E-state index is -0.776. The van der Waals surface area contributed by atoms with Gasteiger partial charge in [0.05, 0.1) is 0 Å². The number of amides is 1. The molecular formula is C11H20N2O3. The molecule has 0 bridgehead atoms. The zero-order chi connectivity index (χ0) is 12.0. The molecule has 16 heavy (non-hydrogen) atoms. The van der Waals surface area contributed by atoms with Crippen molar-refractivity contribution in [1.29, 1.82) is 0 Å². The fraction of sp³-hybridized carbons (Fsp3) is 0.818. The molecule has 0 radical (unpaired) electrons. The molecule has 1 heterocycles. The van der Waals surface area contributed by atoms with Gasteiger partial charge in [-0.25, -0.2) is 0 Å². The zero-order valence-electron chi connectivity index (χ0n) is 9.52. The lowest BCUT2D eigenvalue weighted by Gasteiger charge is -2.15. The number of likely N-dealkylation sites (tertiary alicyclic amines) is 1. The lowest BCUT2D eigenvalue weighted by Crippen LogP contribution is -2.28. The third kappa shape index (κ3) is 4.18. The highest BCUT2D eigenvalue weighted by molar-refractivity contribution is 5.76. The summed E-state index contributed by atoms with van der Waals surface area (Å²) >= 11 is 0. The first-order valence-corrected chi connectivity index (χ1v) is 5.83. The standard InChI is InChI=1S/C11H20N2O3/c12-5-2-1-3-10(14)13-6-4-9(8-13)7-11(15)16/h9H,1-8,12H2,(H,15,16). The maximum atomic E-state index is 11.7. The van der Waals surface area contributed by atoms with Crippen LogP contribution in [0, 0.1) is 5.92 Å².